The van der Waals surface area contributed by atoms with Crippen LogP contribution < -0.4 is 5.32 Å². The predicted octanol–water partition coefficient (Wildman–Crippen LogP) is 3.46. The van der Waals surface area contributed by atoms with E-state index in [4.69, 9.17) is 4.52 Å². The van der Waals surface area contributed by atoms with Gasteiger partial charge in [0.25, 0.3) is 5.89 Å². The molecule has 0 unspecified atom stereocenters. The van der Waals surface area contributed by atoms with Gasteiger partial charge in [-0.3, -0.25) is 0 Å². The molecule has 0 radical (unpaired) electrons. The van der Waals surface area contributed by atoms with Gasteiger partial charge in [0.15, 0.2) is 0 Å². The minimum absolute atomic E-state index is 0.0413. The molecule has 0 aliphatic rings. The molecule has 8 heteroatoms. The van der Waals surface area contributed by atoms with E-state index >= 15 is 0 Å². The van der Waals surface area contributed by atoms with E-state index in [0.29, 0.717) is 11.4 Å². The van der Waals surface area contributed by atoms with E-state index in [0.717, 1.165) is 12.2 Å². The first-order valence-electron chi connectivity index (χ1n) is 8.12. The third-order valence-corrected chi connectivity index (χ3v) is 4.44. The summed E-state index contributed by atoms with van der Waals surface area (Å²) in [5.41, 5.74) is 0.920. The van der Waals surface area contributed by atoms with Gasteiger partial charge in [-0.2, -0.15) is 16.7 Å². The summed E-state index contributed by atoms with van der Waals surface area (Å²) in [5.74, 6) is 1.67. The van der Waals surface area contributed by atoms with Crippen molar-refractivity contribution in [3.05, 3.63) is 48.4 Å². The van der Waals surface area contributed by atoms with E-state index in [9.17, 15) is 9.50 Å². The summed E-state index contributed by atoms with van der Waals surface area (Å²) in [6.45, 7) is 0.0413. The summed E-state index contributed by atoms with van der Waals surface area (Å²) >= 11 is 1.73. The molecule has 1 atom stereocenters. The first-order chi connectivity index (χ1) is 12.7. The molecule has 0 aliphatic carbocycles. The number of aliphatic hydroxyl groups is 1. The molecule has 0 saturated carbocycles. The normalized spacial score (nSPS) is 12.1. The van der Waals surface area contributed by atoms with Gasteiger partial charge in [0, 0.05) is 6.20 Å². The summed E-state index contributed by atoms with van der Waals surface area (Å²) < 4.78 is 19.0. The molecular formula is C18H19FN4O2S. The summed E-state index contributed by atoms with van der Waals surface area (Å²) in [7, 11) is 0. The van der Waals surface area contributed by atoms with Gasteiger partial charge in [0.1, 0.15) is 11.6 Å². The minimum Gasteiger partial charge on any atom is -0.394 e. The quantitative estimate of drug-likeness (QED) is 0.624. The molecule has 1 aromatic carbocycles. The van der Waals surface area contributed by atoms with Gasteiger partial charge in [-0.05, 0) is 42.7 Å². The highest BCUT2D eigenvalue weighted by Gasteiger charge is 2.14. The van der Waals surface area contributed by atoms with E-state index in [2.05, 4.69) is 20.4 Å². The highest BCUT2D eigenvalue weighted by atomic mass is 32.2. The molecule has 3 rings (SSSR count). The zero-order chi connectivity index (χ0) is 18.4. The van der Waals surface area contributed by atoms with Gasteiger partial charge in [-0.15, -0.1) is 0 Å². The number of halogens is 1. The fourth-order valence-corrected chi connectivity index (χ4v) is 2.90. The number of benzene rings is 1. The van der Waals surface area contributed by atoms with Crippen molar-refractivity contribution in [1.29, 1.82) is 0 Å². The highest BCUT2D eigenvalue weighted by Crippen LogP contribution is 2.24. The van der Waals surface area contributed by atoms with Crippen LogP contribution in [-0.2, 0) is 0 Å². The van der Waals surface area contributed by atoms with Gasteiger partial charge >= 0.3 is 0 Å². The molecule has 0 saturated heterocycles. The Hall–Kier alpha value is -2.45. The van der Waals surface area contributed by atoms with Crippen LogP contribution in [0.15, 0.2) is 47.1 Å². The van der Waals surface area contributed by atoms with E-state index < -0.39 is 5.82 Å². The molecule has 3 aromatic rings. The van der Waals surface area contributed by atoms with Gasteiger partial charge in [-0.1, -0.05) is 17.3 Å². The SMILES string of the molecule is CSCC[C@@H](CO)Nc1ccc(-c2nc(-c3ccccc3F)no2)cn1. The zero-order valence-electron chi connectivity index (χ0n) is 14.2. The highest BCUT2D eigenvalue weighted by molar-refractivity contribution is 7.98. The van der Waals surface area contributed by atoms with E-state index in [1.165, 1.54) is 6.07 Å². The number of hydrogen-bond donors (Lipinski definition) is 2. The maximum absolute atomic E-state index is 13.8. The topological polar surface area (TPSA) is 84.1 Å². The average molecular weight is 374 g/mol. The molecular weight excluding hydrogens is 355 g/mol. The van der Waals surface area contributed by atoms with E-state index in [1.807, 2.05) is 6.26 Å². The van der Waals surface area contributed by atoms with Crippen molar-refractivity contribution in [2.75, 3.05) is 23.9 Å². The lowest BCUT2D eigenvalue weighted by molar-refractivity contribution is 0.272. The van der Waals surface area contributed by atoms with Gasteiger partial charge in [0.05, 0.1) is 23.8 Å². The molecule has 2 aromatic heterocycles. The number of rotatable bonds is 8. The number of thioether (sulfide) groups is 1. The lowest BCUT2D eigenvalue weighted by Gasteiger charge is -2.16. The maximum Gasteiger partial charge on any atom is 0.259 e. The molecule has 2 N–H and O–H groups in total. The van der Waals surface area contributed by atoms with Gasteiger partial charge in [0.2, 0.25) is 5.82 Å². The standard InChI is InChI=1S/C18H19FN4O2S/c1-26-9-8-13(11-24)21-16-7-6-12(10-20-16)18-22-17(23-25-18)14-4-2-3-5-15(14)19/h2-7,10,13,24H,8-9,11H2,1H3,(H,20,21)/t13-/m0/s1. The van der Waals surface area contributed by atoms with Crippen molar-refractivity contribution < 1.29 is 14.0 Å². The largest absolute Gasteiger partial charge is 0.394 e. The molecule has 0 fully saturated rings. The number of hydrogen-bond acceptors (Lipinski definition) is 7. The third-order valence-electron chi connectivity index (χ3n) is 3.79. The Morgan fingerprint density at radius 3 is 2.81 bits per heavy atom. The molecule has 26 heavy (non-hydrogen) atoms. The molecule has 0 bridgehead atoms. The van der Waals surface area contributed by atoms with Crippen LogP contribution in [0.3, 0.4) is 0 Å². The zero-order valence-corrected chi connectivity index (χ0v) is 15.0. The maximum atomic E-state index is 13.8. The summed E-state index contributed by atoms with van der Waals surface area (Å²) in [6, 6.07) is 9.79. The Kier molecular flexibility index (Phi) is 6.19. The summed E-state index contributed by atoms with van der Waals surface area (Å²) in [6.07, 6.45) is 4.47. The second-order valence-electron chi connectivity index (χ2n) is 5.64. The van der Waals surface area contributed by atoms with E-state index in [1.54, 1.807) is 48.3 Å². The summed E-state index contributed by atoms with van der Waals surface area (Å²) in [5, 5.41) is 16.4. The first kappa shape index (κ1) is 18.3. The van der Waals surface area contributed by atoms with Crippen LogP contribution in [0, 0.1) is 5.82 Å². The summed E-state index contributed by atoms with van der Waals surface area (Å²) in [4.78, 5) is 8.56. The van der Waals surface area contributed by atoms with Crippen molar-refractivity contribution in [2.45, 2.75) is 12.5 Å². The van der Waals surface area contributed by atoms with Crippen molar-refractivity contribution in [2.24, 2.45) is 0 Å². The lowest BCUT2D eigenvalue weighted by atomic mass is 10.2. The van der Waals surface area contributed by atoms with Crippen LogP contribution in [0.1, 0.15) is 6.42 Å². The number of anilines is 1. The average Bonchev–Trinajstić information content (AvgIpc) is 3.16. The number of pyridine rings is 1. The Bertz CT molecular complexity index is 841. The Balaban J connectivity index is 1.72. The Morgan fingerprint density at radius 1 is 1.27 bits per heavy atom. The second kappa shape index (κ2) is 8.77. The molecule has 136 valence electrons. The van der Waals surface area contributed by atoms with Crippen molar-refractivity contribution in [1.82, 2.24) is 15.1 Å². The number of nitrogens with one attached hydrogen (secondary N) is 1. The smallest absolute Gasteiger partial charge is 0.259 e. The monoisotopic (exact) mass is 374 g/mol. The van der Waals surface area contributed by atoms with Crippen molar-refractivity contribution in [3.8, 4) is 22.8 Å². The van der Waals surface area contributed by atoms with Crippen molar-refractivity contribution in [3.63, 3.8) is 0 Å². The third kappa shape index (κ3) is 4.39. The van der Waals surface area contributed by atoms with Crippen molar-refractivity contribution >= 4 is 17.6 Å². The van der Waals surface area contributed by atoms with Gasteiger partial charge < -0.3 is 14.9 Å². The first-order valence-corrected chi connectivity index (χ1v) is 9.52. The fraction of sp³-hybridized carbons (Fsp3) is 0.278. The molecule has 0 amide bonds. The molecule has 0 spiro atoms. The molecule has 0 aliphatic heterocycles. The van der Waals surface area contributed by atoms with Crippen LogP contribution in [0.5, 0.6) is 0 Å². The van der Waals surface area contributed by atoms with Crippen LogP contribution in [0.25, 0.3) is 22.8 Å². The number of aromatic nitrogens is 3. The van der Waals surface area contributed by atoms with Gasteiger partial charge in [-0.25, -0.2) is 9.37 Å². The minimum atomic E-state index is -0.405. The number of aliphatic hydroxyl groups excluding tert-OH is 1. The lowest BCUT2D eigenvalue weighted by Crippen LogP contribution is -2.24. The Labute approximate surface area is 154 Å². The number of nitrogens with zero attached hydrogens (tertiary/aromatic N) is 3. The molecule has 6 nitrogen and oxygen atoms in total. The van der Waals surface area contributed by atoms with E-state index in [-0.39, 0.29) is 29.9 Å². The molecule has 2 heterocycles. The van der Waals surface area contributed by atoms with Crippen LogP contribution in [0.2, 0.25) is 0 Å². The Morgan fingerprint density at radius 2 is 2.12 bits per heavy atom. The van der Waals surface area contributed by atoms with Crippen LogP contribution >= 0.6 is 11.8 Å². The second-order valence-corrected chi connectivity index (χ2v) is 6.63. The van der Waals surface area contributed by atoms with Crippen LogP contribution in [0.4, 0.5) is 10.2 Å². The fourth-order valence-electron chi connectivity index (χ4n) is 2.38. The predicted molar refractivity (Wildman–Crippen MR) is 100 cm³/mol. The van der Waals surface area contributed by atoms with Crippen LogP contribution in [-0.4, -0.2) is 44.9 Å².